The number of hydrogen-bond donors (Lipinski definition) is 2. The van der Waals surface area contributed by atoms with E-state index in [9.17, 15) is 14.4 Å². The Morgan fingerprint density at radius 2 is 1.77 bits per heavy atom. The van der Waals surface area contributed by atoms with Crippen molar-refractivity contribution in [2.45, 2.75) is 25.4 Å². The van der Waals surface area contributed by atoms with Crippen LogP contribution in [0.1, 0.15) is 17.5 Å². The van der Waals surface area contributed by atoms with Gasteiger partial charge in [-0.3, -0.25) is 14.5 Å². The summed E-state index contributed by atoms with van der Waals surface area (Å²) in [7, 11) is 3.05. The summed E-state index contributed by atoms with van der Waals surface area (Å²) in [5.41, 5.74) is 1.83. The van der Waals surface area contributed by atoms with Crippen molar-refractivity contribution >= 4 is 17.8 Å². The van der Waals surface area contributed by atoms with Crippen LogP contribution in [0, 0.1) is 0 Å². The van der Waals surface area contributed by atoms with E-state index in [2.05, 4.69) is 10.6 Å². The summed E-state index contributed by atoms with van der Waals surface area (Å²) < 4.78 is 10.5. The van der Waals surface area contributed by atoms with E-state index in [0.29, 0.717) is 30.0 Å². The van der Waals surface area contributed by atoms with E-state index in [1.54, 1.807) is 18.2 Å². The van der Waals surface area contributed by atoms with E-state index in [0.717, 1.165) is 10.5 Å². The van der Waals surface area contributed by atoms with Gasteiger partial charge in [-0.2, -0.15) is 0 Å². The van der Waals surface area contributed by atoms with Crippen molar-refractivity contribution in [1.29, 1.82) is 0 Å². The second-order valence-corrected chi connectivity index (χ2v) is 6.91. The molecule has 8 heteroatoms. The number of urea groups is 1. The minimum Gasteiger partial charge on any atom is -0.493 e. The number of benzene rings is 2. The monoisotopic (exact) mass is 411 g/mol. The highest BCUT2D eigenvalue weighted by atomic mass is 16.5. The Labute approximate surface area is 175 Å². The lowest BCUT2D eigenvalue weighted by atomic mass is 10.1. The van der Waals surface area contributed by atoms with Crippen molar-refractivity contribution in [3.05, 3.63) is 59.7 Å². The number of rotatable bonds is 9. The molecule has 4 amide bonds. The summed E-state index contributed by atoms with van der Waals surface area (Å²) in [6.45, 7) is 0.546. The average Bonchev–Trinajstić information content (AvgIpc) is 3.01. The zero-order chi connectivity index (χ0) is 21.5. The minimum atomic E-state index is -0.866. The van der Waals surface area contributed by atoms with Crippen LogP contribution in [-0.4, -0.2) is 49.6 Å². The third kappa shape index (κ3) is 5.08. The van der Waals surface area contributed by atoms with Gasteiger partial charge in [0.05, 0.1) is 27.2 Å². The first-order chi connectivity index (χ1) is 14.5. The number of carbonyl (C=O) groups is 3. The Balaban J connectivity index is 1.53. The van der Waals surface area contributed by atoms with Crippen LogP contribution in [-0.2, 0) is 22.6 Å². The molecule has 1 aliphatic rings. The van der Waals surface area contributed by atoms with Gasteiger partial charge in [0.25, 0.3) is 5.91 Å². The largest absolute Gasteiger partial charge is 0.493 e. The van der Waals surface area contributed by atoms with Crippen LogP contribution in [0.5, 0.6) is 11.5 Å². The van der Waals surface area contributed by atoms with Crippen LogP contribution >= 0.6 is 0 Å². The van der Waals surface area contributed by atoms with Crippen LogP contribution in [0.4, 0.5) is 4.79 Å². The third-order valence-electron chi connectivity index (χ3n) is 4.86. The summed E-state index contributed by atoms with van der Waals surface area (Å²) in [6.07, 6.45) is 0.602. The van der Waals surface area contributed by atoms with E-state index < -0.39 is 18.0 Å². The van der Waals surface area contributed by atoms with Crippen molar-refractivity contribution < 1.29 is 23.9 Å². The highest BCUT2D eigenvalue weighted by molar-refractivity contribution is 6.05. The van der Waals surface area contributed by atoms with E-state index in [1.165, 1.54) is 14.2 Å². The van der Waals surface area contributed by atoms with E-state index in [-0.39, 0.29) is 18.9 Å². The zero-order valence-electron chi connectivity index (χ0n) is 17.0. The Morgan fingerprint density at radius 3 is 2.47 bits per heavy atom. The van der Waals surface area contributed by atoms with Gasteiger partial charge in [0.15, 0.2) is 11.5 Å². The second kappa shape index (κ2) is 9.78. The van der Waals surface area contributed by atoms with Gasteiger partial charge in [0.2, 0.25) is 5.91 Å². The second-order valence-electron chi connectivity index (χ2n) is 6.91. The van der Waals surface area contributed by atoms with Crippen molar-refractivity contribution in [1.82, 2.24) is 15.5 Å². The fourth-order valence-electron chi connectivity index (χ4n) is 3.28. The average molecular weight is 411 g/mol. The van der Waals surface area contributed by atoms with Crippen molar-refractivity contribution in [2.24, 2.45) is 0 Å². The molecule has 1 fully saturated rings. The maximum atomic E-state index is 12.6. The smallest absolute Gasteiger partial charge is 0.325 e. The van der Waals surface area contributed by atoms with Gasteiger partial charge >= 0.3 is 6.03 Å². The molecule has 0 saturated carbocycles. The molecule has 8 nitrogen and oxygen atoms in total. The molecule has 0 bridgehead atoms. The predicted octanol–water partition coefficient (Wildman–Crippen LogP) is 1.87. The van der Waals surface area contributed by atoms with Gasteiger partial charge in [-0.15, -0.1) is 0 Å². The quantitative estimate of drug-likeness (QED) is 0.614. The molecule has 0 aliphatic carbocycles. The van der Waals surface area contributed by atoms with Gasteiger partial charge in [0, 0.05) is 6.54 Å². The molecule has 30 heavy (non-hydrogen) atoms. The molecule has 0 aromatic heterocycles. The van der Waals surface area contributed by atoms with Crippen LogP contribution in [0.25, 0.3) is 0 Å². The summed E-state index contributed by atoms with van der Waals surface area (Å²) in [6, 6.07) is 13.6. The maximum absolute atomic E-state index is 12.6. The van der Waals surface area contributed by atoms with Crippen LogP contribution in [0.3, 0.4) is 0 Å². The number of ether oxygens (including phenoxy) is 2. The van der Waals surface area contributed by atoms with Gasteiger partial charge in [-0.1, -0.05) is 36.4 Å². The molecule has 0 radical (unpaired) electrons. The summed E-state index contributed by atoms with van der Waals surface area (Å²) >= 11 is 0. The zero-order valence-corrected chi connectivity index (χ0v) is 17.0. The first kappa shape index (κ1) is 21.2. The summed E-state index contributed by atoms with van der Waals surface area (Å²) in [5, 5.41) is 5.38. The standard InChI is InChI=1S/C22H25N3O5/c1-29-18-9-8-16(12-19(18)30-2)14-25-21(27)17(24-22(25)28)13-20(26)23-11-10-15-6-4-3-5-7-15/h3-9,12,17H,10-11,13-14H2,1-2H3,(H,23,26)(H,24,28)/t17-/m0/s1. The number of amides is 4. The number of carbonyl (C=O) groups excluding carboxylic acids is 3. The molecule has 1 saturated heterocycles. The molecular formula is C22H25N3O5. The molecule has 3 rings (SSSR count). The molecule has 2 aromatic carbocycles. The molecule has 158 valence electrons. The van der Waals surface area contributed by atoms with E-state index >= 15 is 0 Å². The van der Waals surface area contributed by atoms with E-state index in [4.69, 9.17) is 9.47 Å². The molecule has 1 aliphatic heterocycles. The fraction of sp³-hybridized carbons (Fsp3) is 0.318. The molecule has 2 N–H and O–H groups in total. The summed E-state index contributed by atoms with van der Waals surface area (Å²) in [4.78, 5) is 38.2. The Hall–Kier alpha value is -3.55. The number of imide groups is 1. The number of hydrogen-bond acceptors (Lipinski definition) is 5. The Bertz CT molecular complexity index is 916. The van der Waals surface area contributed by atoms with Gasteiger partial charge in [0.1, 0.15) is 6.04 Å². The Kier molecular flexibility index (Phi) is 6.90. The normalized spacial score (nSPS) is 15.7. The number of nitrogens with zero attached hydrogens (tertiary/aromatic N) is 1. The first-order valence-corrected chi connectivity index (χ1v) is 9.65. The van der Waals surface area contributed by atoms with Gasteiger partial charge in [-0.05, 0) is 29.7 Å². The predicted molar refractivity (Wildman–Crippen MR) is 110 cm³/mol. The van der Waals surface area contributed by atoms with Gasteiger partial charge < -0.3 is 20.1 Å². The van der Waals surface area contributed by atoms with Crippen LogP contribution in [0.2, 0.25) is 0 Å². The topological polar surface area (TPSA) is 97.0 Å². The van der Waals surface area contributed by atoms with Crippen molar-refractivity contribution in [3.8, 4) is 11.5 Å². The molecule has 0 spiro atoms. The molecule has 2 aromatic rings. The third-order valence-corrected chi connectivity index (χ3v) is 4.86. The maximum Gasteiger partial charge on any atom is 0.325 e. The number of methoxy groups -OCH3 is 2. The van der Waals surface area contributed by atoms with Gasteiger partial charge in [-0.25, -0.2) is 4.79 Å². The van der Waals surface area contributed by atoms with Crippen LogP contribution < -0.4 is 20.1 Å². The lowest BCUT2D eigenvalue weighted by molar-refractivity contribution is -0.131. The fourth-order valence-corrected chi connectivity index (χ4v) is 3.28. The molecular weight excluding hydrogens is 386 g/mol. The van der Waals surface area contributed by atoms with Crippen molar-refractivity contribution in [3.63, 3.8) is 0 Å². The lowest BCUT2D eigenvalue weighted by Crippen LogP contribution is -2.37. The first-order valence-electron chi connectivity index (χ1n) is 9.65. The highest BCUT2D eigenvalue weighted by Gasteiger charge is 2.39. The SMILES string of the molecule is COc1ccc(CN2C(=O)N[C@@H](CC(=O)NCCc3ccccc3)C2=O)cc1OC. The minimum absolute atomic E-state index is 0.0805. The molecule has 1 atom stereocenters. The highest BCUT2D eigenvalue weighted by Crippen LogP contribution is 2.28. The van der Waals surface area contributed by atoms with E-state index in [1.807, 2.05) is 30.3 Å². The molecule has 0 unspecified atom stereocenters. The molecule has 1 heterocycles. The van der Waals surface area contributed by atoms with Crippen LogP contribution in [0.15, 0.2) is 48.5 Å². The number of nitrogens with one attached hydrogen (secondary N) is 2. The lowest BCUT2D eigenvalue weighted by Gasteiger charge is -2.15. The Morgan fingerprint density at radius 1 is 1.03 bits per heavy atom. The summed E-state index contributed by atoms with van der Waals surface area (Å²) in [5.74, 6) is 0.366. The van der Waals surface area contributed by atoms with Crippen molar-refractivity contribution in [2.75, 3.05) is 20.8 Å².